The van der Waals surface area contributed by atoms with Crippen LogP contribution in [0.25, 0.3) is 0 Å². The fourth-order valence-electron chi connectivity index (χ4n) is 4.55. The number of nitrogens with zero attached hydrogens (tertiary/aromatic N) is 4. The number of ether oxygens (including phenoxy) is 4. The minimum atomic E-state index is -1.17. The van der Waals surface area contributed by atoms with Gasteiger partial charge in [-0.2, -0.15) is 9.65 Å². The molecule has 0 spiro atoms. The zero-order chi connectivity index (χ0) is 32.5. The third kappa shape index (κ3) is 7.99. The second-order valence-electron chi connectivity index (χ2n) is 10.2. The maximum Gasteiger partial charge on any atom is 0.305 e. The Morgan fingerprint density at radius 2 is 1.87 bits per heavy atom. The van der Waals surface area contributed by atoms with E-state index in [1.807, 2.05) is 54.4 Å². The number of pyridine rings is 1. The number of aromatic nitrogens is 1. The van der Waals surface area contributed by atoms with Crippen LogP contribution in [0.1, 0.15) is 35.7 Å². The third-order valence-corrected chi connectivity index (χ3v) is 8.02. The molecule has 0 saturated carbocycles. The largest absolute Gasteiger partial charge is 0.485 e. The Labute approximate surface area is 269 Å². The Morgan fingerprint density at radius 1 is 1.07 bits per heavy atom. The zero-order valence-electron chi connectivity index (χ0n) is 25.1. The van der Waals surface area contributed by atoms with Crippen LogP contribution in [0.15, 0.2) is 82.8 Å². The zero-order valence-corrected chi connectivity index (χ0v) is 25.9. The van der Waals surface area contributed by atoms with Gasteiger partial charge in [0.15, 0.2) is 17.3 Å². The van der Waals surface area contributed by atoms with Gasteiger partial charge in [0, 0.05) is 35.7 Å². The summed E-state index contributed by atoms with van der Waals surface area (Å²) in [5.41, 5.74) is 1.74. The van der Waals surface area contributed by atoms with E-state index in [9.17, 15) is 10.1 Å². The van der Waals surface area contributed by atoms with Crippen molar-refractivity contribution >= 4 is 23.9 Å². The van der Waals surface area contributed by atoms with E-state index in [0.717, 1.165) is 16.7 Å². The van der Waals surface area contributed by atoms with E-state index in [1.54, 1.807) is 24.4 Å². The van der Waals surface area contributed by atoms with Gasteiger partial charge >= 0.3 is 5.97 Å². The smallest absolute Gasteiger partial charge is 0.305 e. The molecule has 0 radical (unpaired) electrons. The lowest BCUT2D eigenvalue weighted by Gasteiger charge is -2.22. The highest BCUT2D eigenvalue weighted by atomic mass is 32.2. The van der Waals surface area contributed by atoms with Crippen molar-refractivity contribution in [3.8, 4) is 34.9 Å². The maximum absolute atomic E-state index is 15.9. The van der Waals surface area contributed by atoms with Crippen molar-refractivity contribution in [1.82, 2.24) is 9.88 Å². The summed E-state index contributed by atoms with van der Waals surface area (Å²) in [5.74, 6) is -2.64. The summed E-state index contributed by atoms with van der Waals surface area (Å²) in [6.45, 7) is 0.782. The molecule has 9 nitrogen and oxygen atoms in total. The molecule has 5 rings (SSSR count). The van der Waals surface area contributed by atoms with Gasteiger partial charge in [-0.3, -0.25) is 14.7 Å². The highest BCUT2D eigenvalue weighted by molar-refractivity contribution is 7.99. The minimum Gasteiger partial charge on any atom is -0.485 e. The monoisotopic (exact) mass is 644 g/mol. The number of halogens is 2. The van der Waals surface area contributed by atoms with E-state index in [4.69, 9.17) is 18.9 Å². The Hall–Kier alpha value is -4.99. The van der Waals surface area contributed by atoms with Crippen LogP contribution >= 0.6 is 11.8 Å². The number of hydrogen-bond acceptors (Lipinski definition) is 10. The van der Waals surface area contributed by atoms with Crippen LogP contribution in [-0.4, -0.2) is 48.5 Å². The summed E-state index contributed by atoms with van der Waals surface area (Å²) in [6.07, 6.45) is 3.06. The first kappa shape index (κ1) is 32.4. The lowest BCUT2D eigenvalue weighted by Crippen LogP contribution is -2.19. The van der Waals surface area contributed by atoms with E-state index >= 15 is 8.78 Å². The predicted molar refractivity (Wildman–Crippen MR) is 169 cm³/mol. The molecule has 12 heteroatoms. The van der Waals surface area contributed by atoms with E-state index in [1.165, 1.54) is 31.0 Å². The van der Waals surface area contributed by atoms with Crippen molar-refractivity contribution in [3.05, 3.63) is 101 Å². The molecule has 1 aromatic heterocycles. The summed E-state index contributed by atoms with van der Waals surface area (Å²) in [7, 11) is 3.23. The van der Waals surface area contributed by atoms with Crippen molar-refractivity contribution in [2.75, 3.05) is 26.5 Å². The molecule has 46 heavy (non-hydrogen) atoms. The van der Waals surface area contributed by atoms with Crippen molar-refractivity contribution < 1.29 is 32.5 Å². The van der Waals surface area contributed by atoms with Gasteiger partial charge in [-0.1, -0.05) is 30.3 Å². The summed E-state index contributed by atoms with van der Waals surface area (Å²) >= 11 is 1.53. The molecular weight excluding hydrogens is 614 g/mol. The summed E-state index contributed by atoms with van der Waals surface area (Å²) < 4.78 is 53.3. The first-order chi connectivity index (χ1) is 22.4. The van der Waals surface area contributed by atoms with Crippen LogP contribution in [0.3, 0.4) is 0 Å². The van der Waals surface area contributed by atoms with E-state index in [-0.39, 0.29) is 35.4 Å². The van der Waals surface area contributed by atoms with E-state index in [2.05, 4.69) is 9.98 Å². The van der Waals surface area contributed by atoms with Gasteiger partial charge in [0.1, 0.15) is 18.5 Å². The maximum atomic E-state index is 15.9. The predicted octanol–water partition coefficient (Wildman–Crippen LogP) is 7.46. The average molecular weight is 645 g/mol. The molecule has 0 amide bonds. The highest BCUT2D eigenvalue weighted by Crippen LogP contribution is 2.41. The number of hydrogen-bond donors (Lipinski definition) is 0. The number of esters is 1. The lowest BCUT2D eigenvalue weighted by molar-refractivity contribution is -0.140. The Morgan fingerprint density at radius 3 is 2.61 bits per heavy atom. The molecule has 1 aliphatic heterocycles. The van der Waals surface area contributed by atoms with Crippen LogP contribution in [0.2, 0.25) is 0 Å². The molecule has 0 N–H and O–H groups in total. The lowest BCUT2D eigenvalue weighted by atomic mass is 10.1. The van der Waals surface area contributed by atoms with E-state index in [0.29, 0.717) is 30.7 Å². The first-order valence-corrected chi connectivity index (χ1v) is 15.3. The third-order valence-electron chi connectivity index (χ3n) is 6.94. The molecule has 1 atom stereocenters. The normalized spacial score (nSPS) is 14.1. The molecule has 1 aliphatic rings. The fourth-order valence-corrected chi connectivity index (χ4v) is 5.45. The number of rotatable bonds is 13. The number of carbonyl (C=O) groups excluding carboxylic acids is 1. The number of carbonyl (C=O) groups is 1. The van der Waals surface area contributed by atoms with Crippen LogP contribution in [-0.2, 0) is 16.1 Å². The van der Waals surface area contributed by atoms with Crippen LogP contribution in [0, 0.1) is 23.0 Å². The van der Waals surface area contributed by atoms with Gasteiger partial charge in [-0.25, -0.2) is 9.37 Å². The first-order valence-electron chi connectivity index (χ1n) is 14.3. The summed E-state index contributed by atoms with van der Waals surface area (Å²) in [5, 5.41) is 9.43. The topological polar surface area (TPSA) is 106 Å². The van der Waals surface area contributed by atoms with Crippen molar-refractivity contribution in [3.63, 3.8) is 0 Å². The Balaban J connectivity index is 1.41. The van der Waals surface area contributed by atoms with Crippen molar-refractivity contribution in [2.24, 2.45) is 4.99 Å². The van der Waals surface area contributed by atoms with Crippen LogP contribution in [0.5, 0.6) is 28.9 Å². The molecule has 2 heterocycles. The summed E-state index contributed by atoms with van der Waals surface area (Å²) in [4.78, 5) is 22.6. The number of thioether (sulfide) groups is 1. The van der Waals surface area contributed by atoms with Crippen molar-refractivity contribution in [1.29, 1.82) is 5.26 Å². The van der Waals surface area contributed by atoms with Gasteiger partial charge in [-0.15, -0.1) is 11.8 Å². The number of nitriles is 1. The van der Waals surface area contributed by atoms with Gasteiger partial charge in [0.2, 0.25) is 11.6 Å². The SMILES string of the molecule is COC(=O)CCCSc1ccc(Oc2c(F)cnc(Oc3cc(C#N)ccc3OCc3ccccc3)c2F)c(C2N=CCN2C)c1. The molecular formula is C34H30F2N4O5S. The standard InChI is InChI=1S/C34H30F2N4O5S/c1-40-15-14-38-33(40)25-18-24(46-16-6-9-30(41)42-2)11-13-27(25)44-32-26(35)20-39-34(31(32)36)45-29-17-23(19-37)10-12-28(29)43-21-22-7-4-3-5-8-22/h3-5,7-8,10-14,17-18,20,33H,6,9,15-16,21H2,1-2H3. The van der Waals surface area contributed by atoms with E-state index < -0.39 is 29.4 Å². The molecule has 0 bridgehead atoms. The molecule has 0 fully saturated rings. The molecule has 0 saturated heterocycles. The second-order valence-corrected chi connectivity index (χ2v) is 11.3. The molecule has 236 valence electrons. The Kier molecular flexibility index (Phi) is 10.8. The number of benzene rings is 3. The molecule has 1 unspecified atom stereocenters. The fraction of sp³-hybridized carbons (Fsp3) is 0.235. The van der Waals surface area contributed by atoms with Gasteiger partial charge in [-0.05, 0) is 55.1 Å². The Bertz CT molecular complexity index is 1770. The van der Waals surface area contributed by atoms with Gasteiger partial charge < -0.3 is 18.9 Å². The number of methoxy groups -OCH3 is 1. The molecule has 0 aliphatic carbocycles. The minimum absolute atomic E-state index is 0.0233. The van der Waals surface area contributed by atoms with Gasteiger partial charge in [0.25, 0.3) is 5.88 Å². The van der Waals surface area contributed by atoms with Crippen molar-refractivity contribution in [2.45, 2.75) is 30.5 Å². The average Bonchev–Trinajstić information content (AvgIpc) is 3.51. The molecule has 4 aromatic rings. The van der Waals surface area contributed by atoms with Crippen LogP contribution in [0.4, 0.5) is 8.78 Å². The summed E-state index contributed by atoms with van der Waals surface area (Å²) in [6, 6.07) is 21.1. The second kappa shape index (κ2) is 15.3. The van der Waals surface area contributed by atoms with Crippen LogP contribution < -0.4 is 14.2 Å². The van der Waals surface area contributed by atoms with Gasteiger partial charge in [0.05, 0.1) is 24.9 Å². The highest BCUT2D eigenvalue weighted by Gasteiger charge is 2.27. The molecule has 3 aromatic carbocycles. The quantitative estimate of drug-likeness (QED) is 0.0833. The number of aliphatic imine (C=N–C) groups is 1.